The van der Waals surface area contributed by atoms with E-state index in [0.717, 1.165) is 45.1 Å². The number of fused-ring (bicyclic) bond motifs is 7. The van der Waals surface area contributed by atoms with Crippen molar-refractivity contribution >= 4 is 0 Å². The minimum atomic E-state index is -1.20. The molecule has 4 saturated carbocycles. The van der Waals surface area contributed by atoms with Crippen LogP contribution in [0.4, 0.5) is 0 Å². The summed E-state index contributed by atoms with van der Waals surface area (Å²) >= 11 is 0. The Hall–Kier alpha value is -0.240. The maximum Gasteiger partial charge on any atom is 0.171 e. The van der Waals surface area contributed by atoms with Gasteiger partial charge in [-0.25, -0.2) is 0 Å². The van der Waals surface area contributed by atoms with Crippen molar-refractivity contribution in [1.29, 1.82) is 0 Å². The lowest BCUT2D eigenvalue weighted by Gasteiger charge is -2.66. The highest BCUT2D eigenvalue weighted by Crippen LogP contribution is 2.71. The third kappa shape index (κ3) is 2.77. The molecule has 0 radical (unpaired) electrons. The van der Waals surface area contributed by atoms with E-state index < -0.39 is 35.1 Å². The topological polar surface area (TPSA) is 99.4 Å². The zero-order valence-corrected chi connectivity index (χ0v) is 20.7. The van der Waals surface area contributed by atoms with Crippen molar-refractivity contribution in [2.75, 3.05) is 6.61 Å². The van der Waals surface area contributed by atoms with Gasteiger partial charge in [-0.15, -0.1) is 0 Å². The van der Waals surface area contributed by atoms with Gasteiger partial charge in [0.15, 0.2) is 5.79 Å². The molecule has 33 heavy (non-hydrogen) atoms. The van der Waals surface area contributed by atoms with Crippen LogP contribution in [-0.4, -0.2) is 62.8 Å². The van der Waals surface area contributed by atoms with E-state index in [0.29, 0.717) is 36.0 Å². The molecule has 14 atom stereocenters. The molecule has 0 amide bonds. The van der Waals surface area contributed by atoms with Crippen LogP contribution in [0.3, 0.4) is 0 Å². The van der Waals surface area contributed by atoms with Crippen molar-refractivity contribution in [3.63, 3.8) is 0 Å². The molecule has 1 unspecified atom stereocenters. The van der Waals surface area contributed by atoms with Crippen LogP contribution in [0.5, 0.6) is 0 Å². The second kappa shape index (κ2) is 7.17. The first-order valence-electron chi connectivity index (χ1n) is 13.6. The summed E-state index contributed by atoms with van der Waals surface area (Å²) in [4.78, 5) is 0. The molecular weight excluding hydrogens is 420 g/mol. The van der Waals surface area contributed by atoms with Gasteiger partial charge in [-0.05, 0) is 73.5 Å². The van der Waals surface area contributed by atoms with Gasteiger partial charge in [0.25, 0.3) is 0 Å². The van der Waals surface area contributed by atoms with Gasteiger partial charge in [0.2, 0.25) is 0 Å². The molecule has 2 aliphatic heterocycles. The maximum atomic E-state index is 11.7. The summed E-state index contributed by atoms with van der Waals surface area (Å²) < 4.78 is 13.2. The molecule has 6 heteroatoms. The largest absolute Gasteiger partial charge is 0.390 e. The first-order valence-corrected chi connectivity index (χ1v) is 13.6. The van der Waals surface area contributed by atoms with Gasteiger partial charge in [0.05, 0.1) is 30.5 Å². The molecule has 0 aromatic heterocycles. The van der Waals surface area contributed by atoms with Gasteiger partial charge in [-0.1, -0.05) is 27.7 Å². The molecule has 1 spiro atoms. The Morgan fingerprint density at radius 1 is 0.909 bits per heavy atom. The third-order valence-corrected chi connectivity index (χ3v) is 12.2. The lowest BCUT2D eigenvalue weighted by atomic mass is 9.42. The molecule has 0 bridgehead atoms. The Kier molecular flexibility index (Phi) is 5.03. The second-order valence-corrected chi connectivity index (χ2v) is 13.5. The van der Waals surface area contributed by atoms with Crippen LogP contribution in [0.25, 0.3) is 0 Å². The fraction of sp³-hybridized carbons (Fsp3) is 1.00. The Morgan fingerprint density at radius 3 is 2.36 bits per heavy atom. The van der Waals surface area contributed by atoms with Crippen LogP contribution in [0.15, 0.2) is 0 Å². The minimum Gasteiger partial charge on any atom is -0.390 e. The number of hydrogen-bond acceptors (Lipinski definition) is 6. The quantitative estimate of drug-likeness (QED) is 0.440. The van der Waals surface area contributed by atoms with Crippen LogP contribution in [0, 0.1) is 46.3 Å². The van der Waals surface area contributed by atoms with Crippen LogP contribution in [0.2, 0.25) is 0 Å². The molecule has 2 heterocycles. The Balaban J connectivity index is 1.30. The normalized spacial score (nSPS) is 64.7. The average Bonchev–Trinajstić information content (AvgIpc) is 3.21. The molecule has 6 nitrogen and oxygen atoms in total. The number of aliphatic hydroxyl groups excluding tert-OH is 3. The van der Waals surface area contributed by atoms with Gasteiger partial charge >= 0.3 is 0 Å². The molecule has 6 fully saturated rings. The highest BCUT2D eigenvalue weighted by Gasteiger charge is 2.72. The summed E-state index contributed by atoms with van der Waals surface area (Å²) in [6, 6.07) is 0. The van der Waals surface area contributed by atoms with E-state index in [2.05, 4.69) is 20.8 Å². The first kappa shape index (κ1) is 23.2. The SMILES string of the molecule is CC1CC[C@@]2(OC1)O[C@H]1C[C@H]3[C@@H]4CC[C@]5(O)C[C@@H](O)[C@@H](O)[C@@H](O)[C@]5(C)[C@H]4CC[C@]3(C)[C@H]1[C@@H]2C. The fourth-order valence-corrected chi connectivity index (χ4v) is 10.3. The van der Waals surface area contributed by atoms with Crippen LogP contribution in [0.1, 0.15) is 79.1 Å². The van der Waals surface area contributed by atoms with Crippen molar-refractivity contribution in [1.82, 2.24) is 0 Å². The zero-order chi connectivity index (χ0) is 23.6. The van der Waals surface area contributed by atoms with E-state index in [4.69, 9.17) is 9.47 Å². The molecule has 0 aromatic carbocycles. The molecule has 4 N–H and O–H groups in total. The highest BCUT2D eigenvalue weighted by molar-refractivity contribution is 5.20. The van der Waals surface area contributed by atoms with E-state index in [1.807, 2.05) is 6.92 Å². The van der Waals surface area contributed by atoms with Crippen LogP contribution < -0.4 is 0 Å². The van der Waals surface area contributed by atoms with Crippen molar-refractivity contribution < 1.29 is 29.9 Å². The maximum absolute atomic E-state index is 11.7. The fourth-order valence-electron chi connectivity index (χ4n) is 10.3. The van der Waals surface area contributed by atoms with Gasteiger partial charge in [-0.3, -0.25) is 0 Å². The smallest absolute Gasteiger partial charge is 0.171 e. The van der Waals surface area contributed by atoms with Crippen molar-refractivity contribution in [2.45, 2.75) is 115 Å². The molecule has 6 rings (SSSR count). The van der Waals surface area contributed by atoms with Gasteiger partial charge < -0.3 is 29.9 Å². The molecule has 188 valence electrons. The predicted octanol–water partition coefficient (Wildman–Crippen LogP) is 2.85. The summed E-state index contributed by atoms with van der Waals surface area (Å²) in [6.07, 6.45) is 3.67. The minimum absolute atomic E-state index is 0.140. The summed E-state index contributed by atoms with van der Waals surface area (Å²) in [5.41, 5.74) is -1.76. The van der Waals surface area contributed by atoms with Gasteiger partial charge in [0.1, 0.15) is 6.10 Å². The summed E-state index contributed by atoms with van der Waals surface area (Å²) in [7, 11) is 0. The number of hydrogen-bond donors (Lipinski definition) is 4. The van der Waals surface area contributed by atoms with E-state index in [1.54, 1.807) is 0 Å². The first-order chi connectivity index (χ1) is 15.5. The summed E-state index contributed by atoms with van der Waals surface area (Å²) in [6.45, 7) is 9.85. The number of aliphatic hydroxyl groups is 4. The second-order valence-electron chi connectivity index (χ2n) is 13.5. The summed E-state index contributed by atoms with van der Waals surface area (Å²) in [5, 5.41) is 43.8. The standard InChI is InChI=1S/C27H44O6/c1-14-5-10-27(32-13-14)15(2)21-20(33-27)11-18-16-6-9-26(31)12-19(28)22(29)23(30)25(26,4)17(16)7-8-24(18,21)3/h14-23,28-31H,5-13H2,1-4H3/t14?,15-,16+,17-,18-,19+,20-,21-,22+,23+,24-,25-,26-,27+/m0/s1. The van der Waals surface area contributed by atoms with E-state index >= 15 is 0 Å². The Bertz CT molecular complexity index is 795. The average molecular weight is 465 g/mol. The van der Waals surface area contributed by atoms with E-state index in [-0.39, 0.29) is 23.9 Å². The van der Waals surface area contributed by atoms with Gasteiger partial charge in [0, 0.05) is 24.2 Å². The lowest BCUT2D eigenvalue weighted by molar-refractivity contribution is -0.290. The number of ether oxygens (including phenoxy) is 2. The van der Waals surface area contributed by atoms with Crippen molar-refractivity contribution in [2.24, 2.45) is 46.3 Å². The Morgan fingerprint density at radius 2 is 1.67 bits per heavy atom. The molecule has 6 aliphatic rings. The van der Waals surface area contributed by atoms with E-state index in [9.17, 15) is 20.4 Å². The van der Waals surface area contributed by atoms with Crippen LogP contribution >= 0.6 is 0 Å². The molecular formula is C27H44O6. The predicted molar refractivity (Wildman–Crippen MR) is 122 cm³/mol. The highest BCUT2D eigenvalue weighted by atomic mass is 16.7. The number of rotatable bonds is 0. The lowest BCUT2D eigenvalue weighted by Crippen LogP contribution is -2.71. The molecule has 2 saturated heterocycles. The van der Waals surface area contributed by atoms with Crippen LogP contribution in [-0.2, 0) is 9.47 Å². The monoisotopic (exact) mass is 464 g/mol. The molecule has 4 aliphatic carbocycles. The van der Waals surface area contributed by atoms with Gasteiger partial charge in [-0.2, -0.15) is 0 Å². The zero-order valence-electron chi connectivity index (χ0n) is 20.7. The van der Waals surface area contributed by atoms with Crippen molar-refractivity contribution in [3.8, 4) is 0 Å². The third-order valence-electron chi connectivity index (χ3n) is 12.2. The van der Waals surface area contributed by atoms with E-state index in [1.165, 1.54) is 0 Å². The summed E-state index contributed by atoms with van der Waals surface area (Å²) in [5.74, 6) is 2.07. The Labute approximate surface area is 198 Å². The van der Waals surface area contributed by atoms with Crippen molar-refractivity contribution in [3.05, 3.63) is 0 Å². The molecule has 0 aromatic rings.